The third-order valence-electron chi connectivity index (χ3n) is 4.61. The molecule has 1 atom stereocenters. The molecule has 0 aliphatic carbocycles. The molecule has 2 aromatic rings. The molecular formula is C21H24N4OS. The van der Waals surface area contributed by atoms with Gasteiger partial charge in [-0.3, -0.25) is 0 Å². The standard InChI is InChI=1S/C21H24N4OS/c1-16(18-4-8-20(9-5-18)25-12-14-26-15-13-25)23-21(27)24-19-6-2-17(3-7-19)10-11-22/h2-9,16H,10,12-15H2,1H3,(H2,23,24,27)/t16-/m0/s1. The lowest BCUT2D eigenvalue weighted by molar-refractivity contribution is 0.122. The Morgan fingerprint density at radius 3 is 2.44 bits per heavy atom. The van der Waals surface area contributed by atoms with Crippen LogP contribution in [0.25, 0.3) is 0 Å². The average molecular weight is 381 g/mol. The quantitative estimate of drug-likeness (QED) is 0.773. The lowest BCUT2D eigenvalue weighted by Crippen LogP contribution is -2.36. The fourth-order valence-corrected chi connectivity index (χ4v) is 3.33. The minimum Gasteiger partial charge on any atom is -0.378 e. The summed E-state index contributed by atoms with van der Waals surface area (Å²) in [4.78, 5) is 2.34. The average Bonchev–Trinajstić information content (AvgIpc) is 2.70. The summed E-state index contributed by atoms with van der Waals surface area (Å²) in [5.41, 5.74) is 4.31. The van der Waals surface area contributed by atoms with E-state index in [1.165, 1.54) is 11.3 Å². The Bertz CT molecular complexity index is 792. The maximum atomic E-state index is 8.73. The second-order valence-electron chi connectivity index (χ2n) is 6.54. The molecule has 2 aromatic carbocycles. The molecule has 0 unspecified atom stereocenters. The normalized spacial score (nSPS) is 14.9. The van der Waals surface area contributed by atoms with Gasteiger partial charge in [-0.15, -0.1) is 0 Å². The van der Waals surface area contributed by atoms with Crippen molar-refractivity contribution in [3.63, 3.8) is 0 Å². The molecule has 27 heavy (non-hydrogen) atoms. The minimum atomic E-state index is 0.0987. The van der Waals surface area contributed by atoms with E-state index in [9.17, 15) is 0 Å². The van der Waals surface area contributed by atoms with E-state index in [1.807, 2.05) is 24.3 Å². The predicted molar refractivity (Wildman–Crippen MR) is 113 cm³/mol. The highest BCUT2D eigenvalue weighted by Gasteiger charge is 2.12. The number of morpholine rings is 1. The Labute approximate surface area is 165 Å². The van der Waals surface area contributed by atoms with Crippen molar-refractivity contribution in [3.05, 3.63) is 59.7 Å². The second-order valence-corrected chi connectivity index (χ2v) is 6.95. The molecule has 1 heterocycles. The summed E-state index contributed by atoms with van der Waals surface area (Å²) in [5.74, 6) is 0. The molecule has 0 aromatic heterocycles. The summed E-state index contributed by atoms with van der Waals surface area (Å²) in [6.07, 6.45) is 0.417. The van der Waals surface area contributed by atoms with E-state index < -0.39 is 0 Å². The van der Waals surface area contributed by atoms with Crippen LogP contribution < -0.4 is 15.5 Å². The number of rotatable bonds is 5. The summed E-state index contributed by atoms with van der Waals surface area (Å²) < 4.78 is 5.41. The van der Waals surface area contributed by atoms with Gasteiger partial charge in [-0.1, -0.05) is 24.3 Å². The van der Waals surface area contributed by atoms with Crippen LogP contribution in [0.5, 0.6) is 0 Å². The van der Waals surface area contributed by atoms with Crippen LogP contribution in [0.3, 0.4) is 0 Å². The van der Waals surface area contributed by atoms with Crippen LogP contribution in [0.4, 0.5) is 11.4 Å². The molecule has 3 rings (SSSR count). The molecule has 1 saturated heterocycles. The van der Waals surface area contributed by atoms with Gasteiger partial charge in [-0.25, -0.2) is 0 Å². The number of nitriles is 1. The molecule has 6 heteroatoms. The van der Waals surface area contributed by atoms with E-state index in [1.54, 1.807) is 0 Å². The number of hydrogen-bond donors (Lipinski definition) is 2. The third-order valence-corrected chi connectivity index (χ3v) is 4.83. The summed E-state index contributed by atoms with van der Waals surface area (Å²) in [6, 6.07) is 18.6. The van der Waals surface area contributed by atoms with Crippen molar-refractivity contribution < 1.29 is 4.74 Å². The van der Waals surface area contributed by atoms with Crippen LogP contribution >= 0.6 is 12.2 Å². The first-order valence-corrected chi connectivity index (χ1v) is 9.52. The Morgan fingerprint density at radius 1 is 1.15 bits per heavy atom. The topological polar surface area (TPSA) is 60.3 Å². The summed E-state index contributed by atoms with van der Waals surface area (Å²) in [6.45, 7) is 5.55. The molecule has 2 N–H and O–H groups in total. The molecule has 1 aliphatic rings. The fraction of sp³-hybridized carbons (Fsp3) is 0.333. The SMILES string of the molecule is C[C@H](NC(=S)Nc1ccc(CC#N)cc1)c1ccc(N2CCOCC2)cc1. The van der Waals surface area contributed by atoms with Gasteiger partial charge in [-0.2, -0.15) is 5.26 Å². The van der Waals surface area contributed by atoms with Gasteiger partial charge < -0.3 is 20.3 Å². The largest absolute Gasteiger partial charge is 0.378 e. The molecule has 0 saturated carbocycles. The van der Waals surface area contributed by atoms with E-state index in [2.05, 4.69) is 52.8 Å². The monoisotopic (exact) mass is 380 g/mol. The van der Waals surface area contributed by atoms with Crippen molar-refractivity contribution in [1.29, 1.82) is 5.26 Å². The zero-order valence-electron chi connectivity index (χ0n) is 15.4. The first kappa shape index (κ1) is 19.2. The van der Waals surface area contributed by atoms with Crippen molar-refractivity contribution in [3.8, 4) is 6.07 Å². The van der Waals surface area contributed by atoms with Crippen LogP contribution in [0.15, 0.2) is 48.5 Å². The number of hydrogen-bond acceptors (Lipinski definition) is 4. The first-order valence-electron chi connectivity index (χ1n) is 9.12. The molecule has 0 spiro atoms. The minimum absolute atomic E-state index is 0.0987. The Kier molecular flexibility index (Phi) is 6.64. The van der Waals surface area contributed by atoms with Crippen molar-refractivity contribution in [2.45, 2.75) is 19.4 Å². The van der Waals surface area contributed by atoms with Crippen LogP contribution in [0.1, 0.15) is 24.1 Å². The summed E-state index contributed by atoms with van der Waals surface area (Å²) >= 11 is 5.43. The van der Waals surface area contributed by atoms with Gasteiger partial charge in [-0.05, 0) is 54.5 Å². The van der Waals surface area contributed by atoms with Crippen molar-refractivity contribution in [1.82, 2.24) is 5.32 Å². The van der Waals surface area contributed by atoms with Gasteiger partial charge in [0, 0.05) is 24.5 Å². The molecule has 0 radical (unpaired) electrons. The molecular weight excluding hydrogens is 356 g/mol. The Balaban J connectivity index is 1.53. The van der Waals surface area contributed by atoms with Gasteiger partial charge >= 0.3 is 0 Å². The number of thiocarbonyl (C=S) groups is 1. The van der Waals surface area contributed by atoms with Crippen molar-refractivity contribution in [2.24, 2.45) is 0 Å². The van der Waals surface area contributed by atoms with Crippen LogP contribution in [0.2, 0.25) is 0 Å². The summed E-state index contributed by atoms with van der Waals surface area (Å²) in [7, 11) is 0. The molecule has 0 bridgehead atoms. The van der Waals surface area contributed by atoms with Crippen LogP contribution in [0, 0.1) is 11.3 Å². The predicted octanol–water partition coefficient (Wildman–Crippen LogP) is 3.64. The van der Waals surface area contributed by atoms with Gasteiger partial charge in [0.05, 0.1) is 31.7 Å². The number of nitrogens with zero attached hydrogens (tertiary/aromatic N) is 2. The second kappa shape index (κ2) is 9.36. The van der Waals surface area contributed by atoms with E-state index in [0.717, 1.165) is 37.6 Å². The maximum Gasteiger partial charge on any atom is 0.171 e. The molecule has 140 valence electrons. The van der Waals surface area contributed by atoms with Crippen molar-refractivity contribution in [2.75, 3.05) is 36.5 Å². The van der Waals surface area contributed by atoms with Gasteiger partial charge in [0.1, 0.15) is 0 Å². The van der Waals surface area contributed by atoms with E-state index in [-0.39, 0.29) is 6.04 Å². The third kappa shape index (κ3) is 5.43. The smallest absolute Gasteiger partial charge is 0.171 e. The van der Waals surface area contributed by atoms with Gasteiger partial charge in [0.15, 0.2) is 5.11 Å². The highest BCUT2D eigenvalue weighted by Crippen LogP contribution is 2.20. The van der Waals surface area contributed by atoms with Crippen LogP contribution in [-0.2, 0) is 11.2 Å². The van der Waals surface area contributed by atoms with Crippen LogP contribution in [-0.4, -0.2) is 31.4 Å². The van der Waals surface area contributed by atoms with Gasteiger partial charge in [0.2, 0.25) is 0 Å². The Morgan fingerprint density at radius 2 is 1.81 bits per heavy atom. The maximum absolute atomic E-state index is 8.73. The molecule has 5 nitrogen and oxygen atoms in total. The Hall–Kier alpha value is -2.62. The molecule has 0 amide bonds. The highest BCUT2D eigenvalue weighted by molar-refractivity contribution is 7.80. The highest BCUT2D eigenvalue weighted by atomic mass is 32.1. The van der Waals surface area contributed by atoms with Crippen molar-refractivity contribution >= 4 is 28.7 Å². The molecule has 1 aliphatic heterocycles. The van der Waals surface area contributed by atoms with E-state index in [4.69, 9.17) is 22.2 Å². The number of nitrogens with one attached hydrogen (secondary N) is 2. The number of ether oxygens (including phenoxy) is 1. The van der Waals surface area contributed by atoms with E-state index in [0.29, 0.717) is 11.5 Å². The zero-order valence-corrected chi connectivity index (χ0v) is 16.3. The lowest BCUT2D eigenvalue weighted by atomic mass is 10.1. The number of benzene rings is 2. The van der Waals surface area contributed by atoms with Gasteiger partial charge in [0.25, 0.3) is 0 Å². The summed E-state index contributed by atoms with van der Waals surface area (Å²) in [5, 5.41) is 15.8. The first-order chi connectivity index (χ1) is 13.2. The van der Waals surface area contributed by atoms with E-state index >= 15 is 0 Å². The molecule has 1 fully saturated rings. The number of anilines is 2. The zero-order chi connectivity index (χ0) is 19.1. The lowest BCUT2D eigenvalue weighted by Gasteiger charge is -2.29. The fourth-order valence-electron chi connectivity index (χ4n) is 3.04.